The lowest BCUT2D eigenvalue weighted by Gasteiger charge is -2.39. The molecule has 3 heterocycles. The molecule has 2 aliphatic rings. The molecule has 2 saturated heterocycles. The molecule has 226 valence electrons. The van der Waals surface area contributed by atoms with E-state index in [0.29, 0.717) is 49.4 Å². The Kier molecular flexibility index (Phi) is 8.76. The third-order valence-electron chi connectivity index (χ3n) is 9.18. The first-order chi connectivity index (χ1) is 20.5. The van der Waals surface area contributed by atoms with Crippen LogP contribution < -0.4 is 14.9 Å². The number of piperazine rings is 1. The summed E-state index contributed by atoms with van der Waals surface area (Å²) in [6, 6.07) is 15.3. The van der Waals surface area contributed by atoms with Crippen LogP contribution >= 0.6 is 0 Å². The number of hydrogen-bond donors (Lipinski definition) is 1. The molecule has 5 rings (SSSR count). The molecule has 9 nitrogen and oxygen atoms in total. The molecule has 2 fully saturated rings. The van der Waals surface area contributed by atoms with Crippen LogP contribution in [0.1, 0.15) is 51.5 Å². The Labute approximate surface area is 255 Å². The average Bonchev–Trinajstić information content (AvgIpc) is 2.99. The van der Waals surface area contributed by atoms with Crippen LogP contribution in [0.5, 0.6) is 0 Å². The minimum atomic E-state index is -3.91. The summed E-state index contributed by atoms with van der Waals surface area (Å²) in [5.41, 5.74) is 6.99. The van der Waals surface area contributed by atoms with Gasteiger partial charge in [-0.1, -0.05) is 25.1 Å². The van der Waals surface area contributed by atoms with Crippen molar-refractivity contribution in [1.82, 2.24) is 9.88 Å². The van der Waals surface area contributed by atoms with Gasteiger partial charge < -0.3 is 14.7 Å². The van der Waals surface area contributed by atoms with Crippen LogP contribution in [0, 0.1) is 43.9 Å². The molecule has 0 unspecified atom stereocenters. The van der Waals surface area contributed by atoms with Gasteiger partial charge in [0.1, 0.15) is 16.8 Å². The van der Waals surface area contributed by atoms with Crippen LogP contribution in [-0.2, 0) is 16.4 Å². The molecule has 0 bridgehead atoms. The fraction of sp³-hybridized carbons (Fsp3) is 0.424. The van der Waals surface area contributed by atoms with E-state index in [-0.39, 0.29) is 10.8 Å². The second-order valence-corrected chi connectivity index (χ2v) is 13.5. The topological polar surface area (TPSA) is 124 Å². The van der Waals surface area contributed by atoms with Crippen molar-refractivity contribution in [2.45, 2.75) is 45.4 Å². The summed E-state index contributed by atoms with van der Waals surface area (Å²) in [4.78, 5) is 24.3. The SMILES string of the molecule is Cc1cc(C)c(C(=O)N2CCN(c3ncccc3S(N)(=O)=O)CC2)c(C)c1C[C@@H]1CCN(c2ccccc2C#N)C[C@H]1C. The molecule has 2 aromatic carbocycles. The first-order valence-corrected chi connectivity index (χ1v) is 16.4. The van der Waals surface area contributed by atoms with Crippen LogP contribution in [0.15, 0.2) is 53.6 Å². The summed E-state index contributed by atoms with van der Waals surface area (Å²) < 4.78 is 24.2. The smallest absolute Gasteiger partial charge is 0.254 e. The van der Waals surface area contributed by atoms with E-state index in [4.69, 9.17) is 5.14 Å². The maximum Gasteiger partial charge on any atom is 0.254 e. The summed E-state index contributed by atoms with van der Waals surface area (Å²) in [5.74, 6) is 1.25. The number of piperidine rings is 1. The number of primary sulfonamides is 1. The molecule has 43 heavy (non-hydrogen) atoms. The molecule has 2 atom stereocenters. The quantitative estimate of drug-likeness (QED) is 0.450. The maximum atomic E-state index is 13.9. The van der Waals surface area contributed by atoms with E-state index in [9.17, 15) is 18.5 Å². The number of para-hydroxylation sites is 1. The first-order valence-electron chi connectivity index (χ1n) is 14.8. The zero-order valence-corrected chi connectivity index (χ0v) is 26.2. The minimum Gasteiger partial charge on any atom is -0.370 e. The Hall–Kier alpha value is -3.94. The highest BCUT2D eigenvalue weighted by Gasteiger charge is 2.31. The van der Waals surface area contributed by atoms with Crippen molar-refractivity contribution in [3.05, 3.63) is 82.0 Å². The van der Waals surface area contributed by atoms with Gasteiger partial charge in [-0.15, -0.1) is 0 Å². The number of carbonyl (C=O) groups is 1. The second kappa shape index (κ2) is 12.3. The summed E-state index contributed by atoms with van der Waals surface area (Å²) in [5, 5.41) is 15.0. The molecule has 1 aromatic heterocycles. The molecular formula is C33H40N6O3S. The summed E-state index contributed by atoms with van der Waals surface area (Å²) in [6.45, 7) is 12.2. The largest absolute Gasteiger partial charge is 0.370 e. The van der Waals surface area contributed by atoms with E-state index in [2.05, 4.69) is 42.8 Å². The van der Waals surface area contributed by atoms with Gasteiger partial charge in [0.05, 0.1) is 11.3 Å². The minimum absolute atomic E-state index is 0.000948. The van der Waals surface area contributed by atoms with Crippen LogP contribution in [0.25, 0.3) is 0 Å². The monoisotopic (exact) mass is 600 g/mol. The molecule has 10 heteroatoms. The highest BCUT2D eigenvalue weighted by Crippen LogP contribution is 2.34. The molecule has 0 aliphatic carbocycles. The van der Waals surface area contributed by atoms with Gasteiger partial charge in [0, 0.05) is 51.0 Å². The van der Waals surface area contributed by atoms with Gasteiger partial charge in [-0.05, 0) is 92.0 Å². The molecule has 2 aliphatic heterocycles. The lowest BCUT2D eigenvalue weighted by atomic mass is 9.79. The zero-order chi connectivity index (χ0) is 30.9. The predicted octanol–water partition coefficient (Wildman–Crippen LogP) is 4.19. The third-order valence-corrected chi connectivity index (χ3v) is 10.1. The molecule has 0 spiro atoms. The van der Waals surface area contributed by atoms with E-state index in [0.717, 1.165) is 48.3 Å². The van der Waals surface area contributed by atoms with Crippen LogP contribution in [0.3, 0.4) is 0 Å². The van der Waals surface area contributed by atoms with Gasteiger partial charge in [0.2, 0.25) is 10.0 Å². The van der Waals surface area contributed by atoms with Crippen molar-refractivity contribution >= 4 is 27.4 Å². The number of hydrogen-bond acceptors (Lipinski definition) is 7. The van der Waals surface area contributed by atoms with Gasteiger partial charge in [0.25, 0.3) is 5.91 Å². The van der Waals surface area contributed by atoms with E-state index in [1.165, 1.54) is 17.2 Å². The predicted molar refractivity (Wildman–Crippen MR) is 169 cm³/mol. The molecular weight excluding hydrogens is 560 g/mol. The highest BCUT2D eigenvalue weighted by molar-refractivity contribution is 7.89. The highest BCUT2D eigenvalue weighted by atomic mass is 32.2. The number of benzene rings is 2. The van der Waals surface area contributed by atoms with Gasteiger partial charge in [-0.2, -0.15) is 5.26 Å². The van der Waals surface area contributed by atoms with Crippen molar-refractivity contribution in [1.29, 1.82) is 5.26 Å². The number of carbonyl (C=O) groups excluding carboxylic acids is 1. The third kappa shape index (κ3) is 6.24. The number of aryl methyl sites for hydroxylation is 2. The molecule has 3 aromatic rings. The molecule has 1 amide bonds. The second-order valence-electron chi connectivity index (χ2n) is 11.9. The lowest BCUT2D eigenvalue weighted by Crippen LogP contribution is -2.49. The Bertz CT molecular complexity index is 1670. The number of nitriles is 1. The van der Waals surface area contributed by atoms with E-state index < -0.39 is 10.0 Å². The van der Waals surface area contributed by atoms with Crippen LogP contribution in [-0.4, -0.2) is 63.5 Å². The molecule has 0 radical (unpaired) electrons. The number of sulfonamides is 1. The van der Waals surface area contributed by atoms with Crippen molar-refractivity contribution in [2.24, 2.45) is 17.0 Å². The van der Waals surface area contributed by atoms with Crippen molar-refractivity contribution in [3.63, 3.8) is 0 Å². The fourth-order valence-corrected chi connectivity index (χ4v) is 7.52. The molecule has 2 N–H and O–H groups in total. The van der Waals surface area contributed by atoms with E-state index in [1.54, 1.807) is 12.3 Å². The molecule has 0 saturated carbocycles. The van der Waals surface area contributed by atoms with E-state index >= 15 is 0 Å². The number of nitrogens with two attached hydrogens (primary N) is 1. The fourth-order valence-electron chi connectivity index (χ4n) is 6.81. The van der Waals surface area contributed by atoms with Crippen molar-refractivity contribution in [3.8, 4) is 6.07 Å². The average molecular weight is 601 g/mol. The van der Waals surface area contributed by atoms with Gasteiger partial charge >= 0.3 is 0 Å². The normalized spacial score (nSPS) is 19.3. The summed E-state index contributed by atoms with van der Waals surface area (Å²) in [7, 11) is -3.91. The van der Waals surface area contributed by atoms with E-state index in [1.807, 2.05) is 41.0 Å². The maximum absolute atomic E-state index is 13.9. The Morgan fingerprint density at radius 2 is 1.74 bits per heavy atom. The Morgan fingerprint density at radius 1 is 1.02 bits per heavy atom. The van der Waals surface area contributed by atoms with Gasteiger partial charge in [-0.25, -0.2) is 18.5 Å². The van der Waals surface area contributed by atoms with Gasteiger partial charge in [0.15, 0.2) is 0 Å². The standard InChI is InChI=1S/C33H40N6O3S/c1-22-18-23(2)31(33(40)38-16-14-37(15-17-38)32-30(43(35,41)42)10-7-12-36-32)25(4)28(22)19-26-11-13-39(21-24(26)3)29-9-6-5-8-27(29)20-34/h5-10,12,18,24,26H,11,13-17,19,21H2,1-4H3,(H2,35,41,42)/t24-,26+/m1/s1. The lowest BCUT2D eigenvalue weighted by molar-refractivity contribution is 0.0744. The number of pyridine rings is 1. The van der Waals surface area contributed by atoms with Crippen molar-refractivity contribution < 1.29 is 13.2 Å². The van der Waals surface area contributed by atoms with Crippen molar-refractivity contribution in [2.75, 3.05) is 49.1 Å². The van der Waals surface area contributed by atoms with Gasteiger partial charge in [-0.3, -0.25) is 4.79 Å². The number of anilines is 2. The zero-order valence-electron chi connectivity index (χ0n) is 25.4. The summed E-state index contributed by atoms with van der Waals surface area (Å²) in [6.07, 6.45) is 3.49. The van der Waals surface area contributed by atoms with Crippen LogP contribution in [0.2, 0.25) is 0 Å². The number of nitrogens with zero attached hydrogens (tertiary/aromatic N) is 5. The number of rotatable bonds is 6. The van der Waals surface area contributed by atoms with Crippen LogP contribution in [0.4, 0.5) is 11.5 Å². The Balaban J connectivity index is 1.30. The summed E-state index contributed by atoms with van der Waals surface area (Å²) >= 11 is 0. The number of aromatic nitrogens is 1. The Morgan fingerprint density at radius 3 is 2.42 bits per heavy atom. The first kappa shape index (κ1) is 30.5. The number of amides is 1.